The van der Waals surface area contributed by atoms with E-state index in [1.165, 1.54) is 11.8 Å². The van der Waals surface area contributed by atoms with Crippen LogP contribution in [0.4, 0.5) is 5.69 Å². The van der Waals surface area contributed by atoms with Crippen LogP contribution in [0.1, 0.15) is 23.0 Å². The van der Waals surface area contributed by atoms with E-state index in [2.05, 4.69) is 20.9 Å². The van der Waals surface area contributed by atoms with Gasteiger partial charge in [-0.3, -0.25) is 4.79 Å². The number of rotatable bonds is 4. The number of aromatic nitrogens is 3. The van der Waals surface area contributed by atoms with Crippen LogP contribution in [-0.2, 0) is 4.79 Å². The van der Waals surface area contributed by atoms with Crippen molar-refractivity contribution < 1.29 is 9.53 Å². The smallest absolute Gasteiger partial charge is 0.240 e. The molecule has 2 N–H and O–H groups in total. The monoisotopic (exact) mass is 429 g/mol. The van der Waals surface area contributed by atoms with Gasteiger partial charge in [-0.1, -0.05) is 47.6 Å². The summed E-state index contributed by atoms with van der Waals surface area (Å²) >= 11 is 7.72. The SMILES string of the molecule is COc1ccc(C2Nn3c(C)nnc3SC2C(=O)Nc2ccccc2C)cc1Cl. The Balaban J connectivity index is 1.70. The Morgan fingerprint density at radius 2 is 2.03 bits per heavy atom. The highest BCUT2D eigenvalue weighted by molar-refractivity contribution is 8.00. The van der Waals surface area contributed by atoms with E-state index in [-0.39, 0.29) is 11.9 Å². The highest BCUT2D eigenvalue weighted by Crippen LogP contribution is 2.39. The number of hydrogen-bond donors (Lipinski definition) is 2. The lowest BCUT2D eigenvalue weighted by molar-refractivity contribution is -0.116. The van der Waals surface area contributed by atoms with Crippen LogP contribution in [0.5, 0.6) is 5.75 Å². The van der Waals surface area contributed by atoms with Crippen molar-refractivity contribution in [3.8, 4) is 5.75 Å². The molecule has 3 aromatic rings. The fraction of sp³-hybridized carbons (Fsp3) is 0.250. The molecule has 7 nitrogen and oxygen atoms in total. The Morgan fingerprint density at radius 1 is 1.24 bits per heavy atom. The number of benzene rings is 2. The summed E-state index contributed by atoms with van der Waals surface area (Å²) in [6.07, 6.45) is 0. The normalized spacial score (nSPS) is 17.9. The van der Waals surface area contributed by atoms with Crippen LogP contribution in [-0.4, -0.2) is 33.1 Å². The van der Waals surface area contributed by atoms with Crippen molar-refractivity contribution in [2.24, 2.45) is 0 Å². The van der Waals surface area contributed by atoms with E-state index in [4.69, 9.17) is 16.3 Å². The molecule has 2 aromatic carbocycles. The number of aryl methyl sites for hydroxylation is 2. The minimum atomic E-state index is -0.477. The maximum atomic E-state index is 13.2. The van der Waals surface area contributed by atoms with Crippen LogP contribution in [0.3, 0.4) is 0 Å². The molecule has 2 atom stereocenters. The summed E-state index contributed by atoms with van der Waals surface area (Å²) in [5, 5.41) is 12.0. The molecule has 0 saturated carbocycles. The van der Waals surface area contributed by atoms with E-state index in [0.29, 0.717) is 15.9 Å². The number of thioether (sulfide) groups is 1. The third kappa shape index (κ3) is 3.77. The second-order valence-electron chi connectivity index (χ2n) is 6.71. The number of fused-ring (bicyclic) bond motifs is 1. The number of halogens is 1. The highest BCUT2D eigenvalue weighted by atomic mass is 35.5. The molecule has 150 valence electrons. The quantitative estimate of drug-likeness (QED) is 0.653. The number of nitrogens with one attached hydrogen (secondary N) is 2. The first-order chi connectivity index (χ1) is 14.0. The second-order valence-corrected chi connectivity index (χ2v) is 8.22. The predicted octanol–water partition coefficient (Wildman–Crippen LogP) is 3.95. The molecule has 0 radical (unpaired) electrons. The van der Waals surface area contributed by atoms with Gasteiger partial charge < -0.3 is 15.5 Å². The number of para-hydroxylation sites is 1. The zero-order valence-electron chi connectivity index (χ0n) is 16.1. The average molecular weight is 430 g/mol. The van der Waals surface area contributed by atoms with E-state index in [1.54, 1.807) is 17.9 Å². The standard InChI is InChI=1S/C20H20ClN5O2S/c1-11-6-4-5-7-15(11)22-19(27)18-17(13-8-9-16(28-3)14(21)10-13)25-26-12(2)23-24-20(26)29-18/h4-10,17-18,25H,1-3H3,(H,22,27). The van der Waals surface area contributed by atoms with Gasteiger partial charge in [0.2, 0.25) is 11.1 Å². The third-order valence-corrected chi connectivity index (χ3v) is 6.31. The van der Waals surface area contributed by atoms with Crippen LogP contribution in [0.25, 0.3) is 0 Å². The Labute approximate surface area is 177 Å². The van der Waals surface area contributed by atoms with Crippen LogP contribution in [0, 0.1) is 13.8 Å². The fourth-order valence-electron chi connectivity index (χ4n) is 3.20. The van der Waals surface area contributed by atoms with Crippen molar-refractivity contribution in [3.05, 3.63) is 64.4 Å². The molecular formula is C20H20ClN5O2S. The van der Waals surface area contributed by atoms with Gasteiger partial charge in [0.1, 0.15) is 16.8 Å². The van der Waals surface area contributed by atoms with Crippen molar-refractivity contribution >= 4 is 35.0 Å². The number of carbonyl (C=O) groups is 1. The van der Waals surface area contributed by atoms with E-state index >= 15 is 0 Å². The molecule has 4 rings (SSSR count). The summed E-state index contributed by atoms with van der Waals surface area (Å²) in [4.78, 5) is 13.2. The summed E-state index contributed by atoms with van der Waals surface area (Å²) in [6.45, 7) is 3.82. The zero-order valence-corrected chi connectivity index (χ0v) is 17.7. The van der Waals surface area contributed by atoms with Gasteiger partial charge in [0.25, 0.3) is 0 Å². The summed E-state index contributed by atoms with van der Waals surface area (Å²) in [6, 6.07) is 12.9. The largest absolute Gasteiger partial charge is 0.495 e. The minimum absolute atomic E-state index is 0.124. The summed E-state index contributed by atoms with van der Waals surface area (Å²) in [5.74, 6) is 1.18. The lowest BCUT2D eigenvalue weighted by Crippen LogP contribution is -2.41. The van der Waals surface area contributed by atoms with Gasteiger partial charge in [-0.2, -0.15) is 0 Å². The maximum absolute atomic E-state index is 13.2. The molecule has 1 aliphatic heterocycles. The molecule has 29 heavy (non-hydrogen) atoms. The number of ether oxygens (including phenoxy) is 1. The second kappa shape index (κ2) is 7.96. The van der Waals surface area contributed by atoms with Gasteiger partial charge in [0.05, 0.1) is 18.2 Å². The first-order valence-electron chi connectivity index (χ1n) is 9.03. The topological polar surface area (TPSA) is 81.1 Å². The van der Waals surface area contributed by atoms with E-state index < -0.39 is 5.25 Å². The van der Waals surface area contributed by atoms with E-state index in [0.717, 1.165) is 22.6 Å². The summed E-state index contributed by atoms with van der Waals surface area (Å²) < 4.78 is 7.05. The number of anilines is 1. The highest BCUT2D eigenvalue weighted by Gasteiger charge is 2.37. The Kier molecular flexibility index (Phi) is 5.38. The average Bonchev–Trinajstić information content (AvgIpc) is 3.08. The first-order valence-corrected chi connectivity index (χ1v) is 10.3. The van der Waals surface area contributed by atoms with Gasteiger partial charge in [0.15, 0.2) is 0 Å². The van der Waals surface area contributed by atoms with Crippen molar-refractivity contribution in [1.82, 2.24) is 14.9 Å². The number of hydrogen-bond acceptors (Lipinski definition) is 6. The molecule has 1 aromatic heterocycles. The summed E-state index contributed by atoms with van der Waals surface area (Å²) in [7, 11) is 1.57. The molecule has 9 heteroatoms. The minimum Gasteiger partial charge on any atom is -0.495 e. The molecule has 0 bridgehead atoms. The zero-order chi connectivity index (χ0) is 20.5. The molecule has 0 aliphatic carbocycles. The van der Waals surface area contributed by atoms with Gasteiger partial charge in [-0.15, -0.1) is 10.2 Å². The summed E-state index contributed by atoms with van der Waals surface area (Å²) in [5.41, 5.74) is 6.02. The molecule has 2 heterocycles. The molecular weight excluding hydrogens is 410 g/mol. The van der Waals surface area contributed by atoms with Crippen LogP contribution >= 0.6 is 23.4 Å². The van der Waals surface area contributed by atoms with Crippen LogP contribution < -0.4 is 15.5 Å². The molecule has 1 amide bonds. The van der Waals surface area contributed by atoms with Crippen molar-refractivity contribution in [2.45, 2.75) is 30.3 Å². The van der Waals surface area contributed by atoms with E-state index in [1.807, 2.05) is 50.2 Å². The van der Waals surface area contributed by atoms with Crippen molar-refractivity contribution in [2.75, 3.05) is 17.9 Å². The van der Waals surface area contributed by atoms with E-state index in [9.17, 15) is 4.79 Å². The number of methoxy groups -OCH3 is 1. The van der Waals surface area contributed by atoms with Crippen molar-refractivity contribution in [3.63, 3.8) is 0 Å². The Morgan fingerprint density at radius 3 is 2.76 bits per heavy atom. The molecule has 1 aliphatic rings. The third-order valence-electron chi connectivity index (χ3n) is 4.79. The maximum Gasteiger partial charge on any atom is 0.240 e. The Hall–Kier alpha value is -2.71. The molecule has 0 spiro atoms. The van der Waals surface area contributed by atoms with Crippen LogP contribution in [0.15, 0.2) is 47.6 Å². The Bertz CT molecular complexity index is 1070. The molecule has 0 saturated heterocycles. The molecule has 2 unspecified atom stereocenters. The van der Waals surface area contributed by atoms with Crippen molar-refractivity contribution in [1.29, 1.82) is 0 Å². The predicted molar refractivity (Wildman–Crippen MR) is 114 cm³/mol. The lowest BCUT2D eigenvalue weighted by Gasteiger charge is -2.33. The number of nitrogens with zero attached hydrogens (tertiary/aromatic N) is 3. The van der Waals surface area contributed by atoms with Gasteiger partial charge in [-0.05, 0) is 43.2 Å². The van der Waals surface area contributed by atoms with Crippen LogP contribution in [0.2, 0.25) is 5.02 Å². The van der Waals surface area contributed by atoms with Gasteiger partial charge >= 0.3 is 0 Å². The first kappa shape index (κ1) is 19.6. The van der Waals surface area contributed by atoms with Gasteiger partial charge in [0, 0.05) is 5.69 Å². The lowest BCUT2D eigenvalue weighted by atomic mass is 10.0. The number of amides is 1. The van der Waals surface area contributed by atoms with Gasteiger partial charge in [-0.25, -0.2) is 4.68 Å². The molecule has 0 fully saturated rings. The number of carbonyl (C=O) groups excluding carboxylic acids is 1. The fourth-order valence-corrected chi connectivity index (χ4v) is 4.60.